The Morgan fingerprint density at radius 1 is 1.05 bits per heavy atom. The van der Waals surface area contributed by atoms with E-state index in [4.69, 9.17) is 11.6 Å². The normalized spacial score (nSPS) is 16.4. The van der Waals surface area contributed by atoms with E-state index >= 15 is 0 Å². The lowest BCUT2D eigenvalue weighted by molar-refractivity contribution is -0.141. The van der Waals surface area contributed by atoms with E-state index in [0.717, 1.165) is 24.5 Å². The third-order valence-electron chi connectivity index (χ3n) is 3.58. The highest BCUT2D eigenvalue weighted by Crippen LogP contribution is 2.42. The number of nitrogens with zero attached hydrogens (tertiary/aromatic N) is 2. The molecule has 1 aromatic carbocycles. The quantitative estimate of drug-likeness (QED) is 0.883. The van der Waals surface area contributed by atoms with E-state index in [1.165, 1.54) is 6.07 Å². The van der Waals surface area contributed by atoms with Crippen molar-refractivity contribution in [3.8, 4) is 0 Å². The summed E-state index contributed by atoms with van der Waals surface area (Å²) in [5.74, 6) is 0.783. The van der Waals surface area contributed by atoms with Crippen molar-refractivity contribution in [3.05, 3.63) is 52.7 Å². The van der Waals surface area contributed by atoms with Crippen LogP contribution in [0.5, 0.6) is 0 Å². The summed E-state index contributed by atoms with van der Waals surface area (Å²) in [4.78, 5) is 0. The molecule has 3 nitrogen and oxygen atoms in total. The second-order valence-electron chi connectivity index (χ2n) is 5.31. The minimum absolute atomic E-state index is 0.00306. The summed E-state index contributed by atoms with van der Waals surface area (Å²) in [7, 11) is 0. The van der Waals surface area contributed by atoms with Crippen LogP contribution in [0.15, 0.2) is 36.4 Å². The van der Waals surface area contributed by atoms with E-state index in [1.807, 2.05) is 12.1 Å². The maximum absolute atomic E-state index is 12.5. The fourth-order valence-electron chi connectivity index (χ4n) is 2.29. The summed E-state index contributed by atoms with van der Waals surface area (Å²) in [6, 6.07) is 9.66. The molecule has 7 heteroatoms. The van der Waals surface area contributed by atoms with E-state index in [2.05, 4.69) is 15.5 Å². The Balaban J connectivity index is 1.78. The molecule has 0 radical (unpaired) electrons. The number of rotatable bonds is 4. The molecule has 1 atom stereocenters. The predicted octanol–water partition coefficient (Wildman–Crippen LogP) is 4.71. The molecule has 0 aliphatic heterocycles. The van der Waals surface area contributed by atoms with Crippen LogP contribution in [0.1, 0.15) is 30.1 Å². The van der Waals surface area contributed by atoms with Gasteiger partial charge in [0.1, 0.15) is 5.82 Å². The van der Waals surface area contributed by atoms with Gasteiger partial charge in [0.05, 0.1) is 6.04 Å². The van der Waals surface area contributed by atoms with Gasteiger partial charge in [-0.25, -0.2) is 0 Å². The van der Waals surface area contributed by atoms with Crippen LogP contribution in [0.3, 0.4) is 0 Å². The Hall–Kier alpha value is -1.82. The molecule has 1 unspecified atom stereocenters. The van der Waals surface area contributed by atoms with Crippen molar-refractivity contribution in [1.29, 1.82) is 0 Å². The van der Waals surface area contributed by atoms with E-state index in [9.17, 15) is 13.2 Å². The number of hydrogen-bond acceptors (Lipinski definition) is 3. The SMILES string of the molecule is FC(F)(F)c1ccc(NC(c2ccc(Cl)cc2)C2CC2)nn1. The van der Waals surface area contributed by atoms with Crippen LogP contribution >= 0.6 is 11.6 Å². The van der Waals surface area contributed by atoms with Gasteiger partial charge in [-0.3, -0.25) is 0 Å². The number of nitrogens with one attached hydrogen (secondary N) is 1. The summed E-state index contributed by atoms with van der Waals surface area (Å²) < 4.78 is 37.5. The van der Waals surface area contributed by atoms with Crippen LogP contribution in [0.25, 0.3) is 0 Å². The van der Waals surface area contributed by atoms with Gasteiger partial charge in [0.15, 0.2) is 5.69 Å². The summed E-state index contributed by atoms with van der Waals surface area (Å²) in [6.45, 7) is 0. The van der Waals surface area contributed by atoms with Crippen LogP contribution in [0, 0.1) is 5.92 Å². The smallest absolute Gasteiger partial charge is 0.361 e. The van der Waals surface area contributed by atoms with Crippen LogP contribution < -0.4 is 5.32 Å². The van der Waals surface area contributed by atoms with Gasteiger partial charge in [0.25, 0.3) is 0 Å². The second-order valence-corrected chi connectivity index (χ2v) is 5.75. The van der Waals surface area contributed by atoms with Gasteiger partial charge in [-0.2, -0.15) is 13.2 Å². The topological polar surface area (TPSA) is 37.8 Å². The van der Waals surface area contributed by atoms with Crippen molar-refractivity contribution in [3.63, 3.8) is 0 Å². The molecule has 0 amide bonds. The average molecular weight is 328 g/mol. The first kappa shape index (κ1) is 15.1. The summed E-state index contributed by atoms with van der Waals surface area (Å²) >= 11 is 5.88. The molecule has 3 rings (SSSR count). The van der Waals surface area contributed by atoms with Gasteiger partial charge >= 0.3 is 6.18 Å². The Morgan fingerprint density at radius 2 is 1.73 bits per heavy atom. The van der Waals surface area contributed by atoms with Crippen molar-refractivity contribution >= 4 is 17.4 Å². The molecule has 1 aromatic heterocycles. The Morgan fingerprint density at radius 3 is 2.23 bits per heavy atom. The minimum Gasteiger partial charge on any atom is -0.361 e. The van der Waals surface area contributed by atoms with E-state index in [1.54, 1.807) is 12.1 Å². The Bertz CT molecular complexity index is 637. The standard InChI is InChI=1S/C15H13ClF3N3/c16-11-5-3-10(4-6-11)14(9-1-2-9)20-13-8-7-12(21-22-13)15(17,18)19/h3-9,14H,1-2H2,(H,20,22). The average Bonchev–Trinajstić information content (AvgIpc) is 3.30. The first-order chi connectivity index (χ1) is 10.4. The highest BCUT2D eigenvalue weighted by atomic mass is 35.5. The first-order valence-corrected chi connectivity index (χ1v) is 7.24. The maximum Gasteiger partial charge on any atom is 0.435 e. The molecule has 22 heavy (non-hydrogen) atoms. The lowest BCUT2D eigenvalue weighted by atomic mass is 10.0. The number of benzene rings is 1. The molecule has 1 aliphatic rings. The lowest BCUT2D eigenvalue weighted by Crippen LogP contribution is -2.15. The molecule has 1 saturated carbocycles. The fourth-order valence-corrected chi connectivity index (χ4v) is 2.42. The minimum atomic E-state index is -4.47. The van der Waals surface area contributed by atoms with Crippen molar-refractivity contribution in [2.75, 3.05) is 5.32 Å². The van der Waals surface area contributed by atoms with E-state index in [0.29, 0.717) is 16.8 Å². The molecule has 116 valence electrons. The van der Waals surface area contributed by atoms with Crippen LogP contribution in [0.2, 0.25) is 5.02 Å². The van der Waals surface area contributed by atoms with Gasteiger partial charge in [-0.05, 0) is 48.6 Å². The van der Waals surface area contributed by atoms with Crippen molar-refractivity contribution in [2.45, 2.75) is 25.1 Å². The zero-order chi connectivity index (χ0) is 15.7. The molecule has 1 aliphatic carbocycles. The number of halogens is 4. The number of alkyl halides is 3. The summed E-state index contributed by atoms with van der Waals surface area (Å²) in [6.07, 6.45) is -2.32. The third-order valence-corrected chi connectivity index (χ3v) is 3.83. The zero-order valence-corrected chi connectivity index (χ0v) is 12.2. The largest absolute Gasteiger partial charge is 0.435 e. The van der Waals surface area contributed by atoms with Gasteiger partial charge in [-0.1, -0.05) is 23.7 Å². The van der Waals surface area contributed by atoms with Crippen molar-refractivity contribution < 1.29 is 13.2 Å². The van der Waals surface area contributed by atoms with Gasteiger partial charge in [0, 0.05) is 5.02 Å². The first-order valence-electron chi connectivity index (χ1n) is 6.86. The Kier molecular flexibility index (Phi) is 3.95. The maximum atomic E-state index is 12.5. The van der Waals surface area contributed by atoms with Crippen LogP contribution in [-0.2, 0) is 6.18 Å². The number of aromatic nitrogens is 2. The molecule has 2 aromatic rings. The molecule has 0 bridgehead atoms. The molecule has 1 N–H and O–H groups in total. The lowest BCUT2D eigenvalue weighted by Gasteiger charge is -2.19. The highest BCUT2D eigenvalue weighted by molar-refractivity contribution is 6.30. The monoisotopic (exact) mass is 327 g/mol. The van der Waals surface area contributed by atoms with Crippen molar-refractivity contribution in [2.24, 2.45) is 5.92 Å². The predicted molar refractivity (Wildman–Crippen MR) is 77.6 cm³/mol. The highest BCUT2D eigenvalue weighted by Gasteiger charge is 2.34. The molecular formula is C15H13ClF3N3. The van der Waals surface area contributed by atoms with Gasteiger partial charge in [-0.15, -0.1) is 10.2 Å². The molecule has 0 spiro atoms. The van der Waals surface area contributed by atoms with Gasteiger partial charge in [0.2, 0.25) is 0 Å². The van der Waals surface area contributed by atoms with E-state index in [-0.39, 0.29) is 6.04 Å². The molecular weight excluding hydrogens is 315 g/mol. The number of hydrogen-bond donors (Lipinski definition) is 1. The summed E-state index contributed by atoms with van der Waals surface area (Å²) in [5, 5.41) is 10.7. The Labute approximate surface area is 130 Å². The fraction of sp³-hybridized carbons (Fsp3) is 0.333. The number of anilines is 1. The van der Waals surface area contributed by atoms with Gasteiger partial charge < -0.3 is 5.32 Å². The molecule has 1 heterocycles. The van der Waals surface area contributed by atoms with Crippen LogP contribution in [-0.4, -0.2) is 10.2 Å². The van der Waals surface area contributed by atoms with E-state index < -0.39 is 11.9 Å². The van der Waals surface area contributed by atoms with Crippen LogP contribution in [0.4, 0.5) is 19.0 Å². The summed E-state index contributed by atoms with van der Waals surface area (Å²) in [5.41, 5.74) is 0.0427. The third kappa shape index (κ3) is 3.50. The second kappa shape index (κ2) is 5.76. The zero-order valence-electron chi connectivity index (χ0n) is 11.4. The molecule has 0 saturated heterocycles. The van der Waals surface area contributed by atoms with Crippen molar-refractivity contribution in [1.82, 2.24) is 10.2 Å². The molecule has 1 fully saturated rings.